The number of thiophene rings is 1. The second kappa shape index (κ2) is 5.52. The number of hydrogen-bond acceptors (Lipinski definition) is 2. The van der Waals surface area contributed by atoms with E-state index in [0.29, 0.717) is 0 Å². The van der Waals surface area contributed by atoms with Gasteiger partial charge < -0.3 is 5.73 Å². The van der Waals surface area contributed by atoms with Crippen LogP contribution in [-0.2, 0) is 0 Å². The molecule has 0 aliphatic heterocycles. The molecule has 0 amide bonds. The van der Waals surface area contributed by atoms with Gasteiger partial charge in [-0.3, -0.25) is 0 Å². The molecule has 0 saturated heterocycles. The van der Waals surface area contributed by atoms with E-state index in [-0.39, 0.29) is 18.4 Å². The quantitative estimate of drug-likeness (QED) is 0.871. The van der Waals surface area contributed by atoms with Gasteiger partial charge in [0.1, 0.15) is 0 Å². The fourth-order valence-corrected chi connectivity index (χ4v) is 2.14. The fourth-order valence-electron chi connectivity index (χ4n) is 1.31. The van der Waals surface area contributed by atoms with Crippen LogP contribution in [0.25, 0.3) is 0 Å². The minimum absolute atomic E-state index is 0. The number of benzene rings is 1. The lowest BCUT2D eigenvalue weighted by molar-refractivity contribution is 0.877. The van der Waals surface area contributed by atoms with Crippen molar-refractivity contribution in [2.24, 2.45) is 5.73 Å². The summed E-state index contributed by atoms with van der Waals surface area (Å²) < 4.78 is 0. The Labute approximate surface area is 104 Å². The van der Waals surface area contributed by atoms with Crippen LogP contribution in [0.2, 0.25) is 5.02 Å². The van der Waals surface area contributed by atoms with Gasteiger partial charge in [0.2, 0.25) is 0 Å². The normalized spacial score (nSPS) is 11.9. The molecule has 1 unspecified atom stereocenters. The van der Waals surface area contributed by atoms with Crippen molar-refractivity contribution in [2.75, 3.05) is 0 Å². The van der Waals surface area contributed by atoms with Gasteiger partial charge in [-0.15, -0.1) is 12.4 Å². The summed E-state index contributed by atoms with van der Waals surface area (Å²) in [6, 6.07) is 9.66. The van der Waals surface area contributed by atoms with Gasteiger partial charge in [-0.1, -0.05) is 23.7 Å². The van der Waals surface area contributed by atoms with Crippen LogP contribution < -0.4 is 5.73 Å². The van der Waals surface area contributed by atoms with Gasteiger partial charge in [0.15, 0.2) is 0 Å². The van der Waals surface area contributed by atoms with Gasteiger partial charge in [0.05, 0.1) is 6.04 Å². The molecule has 1 heterocycles. The molecule has 1 nitrogen and oxygen atoms in total. The Hall–Kier alpha value is -0.540. The summed E-state index contributed by atoms with van der Waals surface area (Å²) in [5.41, 5.74) is 8.32. The van der Waals surface area contributed by atoms with E-state index in [9.17, 15) is 0 Å². The van der Waals surface area contributed by atoms with Crippen LogP contribution in [0, 0.1) is 0 Å². The third kappa shape index (κ3) is 2.95. The fraction of sp³-hybridized carbons (Fsp3) is 0.0909. The van der Waals surface area contributed by atoms with Crippen LogP contribution in [-0.4, -0.2) is 0 Å². The molecule has 0 spiro atoms. The zero-order valence-corrected chi connectivity index (χ0v) is 10.3. The first-order chi connectivity index (χ1) is 6.77. The van der Waals surface area contributed by atoms with Gasteiger partial charge in [-0.2, -0.15) is 11.3 Å². The van der Waals surface area contributed by atoms with Crippen molar-refractivity contribution < 1.29 is 0 Å². The zero-order valence-electron chi connectivity index (χ0n) is 7.89. The van der Waals surface area contributed by atoms with Crippen LogP contribution in [0.15, 0.2) is 41.1 Å². The molecule has 0 saturated carbocycles. The summed E-state index contributed by atoms with van der Waals surface area (Å²) in [6.45, 7) is 0. The third-order valence-corrected chi connectivity index (χ3v) is 3.08. The van der Waals surface area contributed by atoms with Gasteiger partial charge in [-0.05, 0) is 40.1 Å². The largest absolute Gasteiger partial charge is 0.320 e. The SMILES string of the molecule is Cl.NC(c1ccc(Cl)cc1)c1ccsc1. The Bertz CT molecular complexity index is 397. The van der Waals surface area contributed by atoms with Crippen molar-refractivity contribution in [3.63, 3.8) is 0 Å². The monoisotopic (exact) mass is 259 g/mol. The topological polar surface area (TPSA) is 26.0 Å². The molecule has 0 radical (unpaired) electrons. The molecule has 1 atom stereocenters. The molecule has 0 aliphatic rings. The highest BCUT2D eigenvalue weighted by molar-refractivity contribution is 7.08. The molecular weight excluding hydrogens is 249 g/mol. The molecule has 1 aromatic heterocycles. The highest BCUT2D eigenvalue weighted by Gasteiger charge is 2.08. The molecule has 15 heavy (non-hydrogen) atoms. The highest BCUT2D eigenvalue weighted by atomic mass is 35.5. The van der Waals surface area contributed by atoms with Crippen LogP contribution >= 0.6 is 35.3 Å². The van der Waals surface area contributed by atoms with Gasteiger partial charge in [-0.25, -0.2) is 0 Å². The highest BCUT2D eigenvalue weighted by Crippen LogP contribution is 2.22. The van der Waals surface area contributed by atoms with E-state index < -0.39 is 0 Å². The first-order valence-corrected chi connectivity index (χ1v) is 5.62. The van der Waals surface area contributed by atoms with E-state index in [4.69, 9.17) is 17.3 Å². The maximum absolute atomic E-state index is 6.07. The van der Waals surface area contributed by atoms with E-state index in [1.54, 1.807) is 11.3 Å². The van der Waals surface area contributed by atoms with Gasteiger partial charge in [0.25, 0.3) is 0 Å². The standard InChI is InChI=1S/C11H10ClNS.ClH/c12-10-3-1-8(2-4-10)11(13)9-5-6-14-7-9;/h1-7,11H,13H2;1H. The Morgan fingerprint density at radius 1 is 1.07 bits per heavy atom. The molecule has 2 N–H and O–H groups in total. The lowest BCUT2D eigenvalue weighted by Gasteiger charge is -2.09. The number of nitrogens with two attached hydrogens (primary N) is 1. The lowest BCUT2D eigenvalue weighted by atomic mass is 10.0. The van der Waals surface area contributed by atoms with Crippen LogP contribution in [0.3, 0.4) is 0 Å². The van der Waals surface area contributed by atoms with Crippen molar-refractivity contribution in [3.05, 3.63) is 57.2 Å². The van der Waals surface area contributed by atoms with Crippen molar-refractivity contribution in [1.82, 2.24) is 0 Å². The maximum atomic E-state index is 6.07. The zero-order chi connectivity index (χ0) is 9.97. The molecule has 2 aromatic rings. The molecule has 0 aliphatic carbocycles. The van der Waals surface area contributed by atoms with Gasteiger partial charge >= 0.3 is 0 Å². The van der Waals surface area contributed by atoms with E-state index in [1.165, 1.54) is 0 Å². The molecule has 80 valence electrons. The van der Waals surface area contributed by atoms with Crippen LogP contribution in [0.4, 0.5) is 0 Å². The third-order valence-electron chi connectivity index (χ3n) is 2.13. The van der Waals surface area contributed by atoms with E-state index in [0.717, 1.165) is 16.1 Å². The Morgan fingerprint density at radius 2 is 1.73 bits per heavy atom. The Kier molecular flexibility index (Phi) is 4.61. The second-order valence-electron chi connectivity index (χ2n) is 3.09. The van der Waals surface area contributed by atoms with E-state index >= 15 is 0 Å². The number of hydrogen-bond donors (Lipinski definition) is 1. The predicted molar refractivity (Wildman–Crippen MR) is 69.0 cm³/mol. The van der Waals surface area contributed by atoms with Crippen molar-refractivity contribution in [2.45, 2.75) is 6.04 Å². The predicted octanol–water partition coefficient (Wildman–Crippen LogP) is 3.87. The summed E-state index contributed by atoms with van der Waals surface area (Å²) in [5.74, 6) is 0. The average molecular weight is 260 g/mol. The summed E-state index contributed by atoms with van der Waals surface area (Å²) in [5, 5.41) is 4.84. The number of rotatable bonds is 2. The Balaban J connectivity index is 0.00000112. The van der Waals surface area contributed by atoms with Crippen LogP contribution in [0.5, 0.6) is 0 Å². The van der Waals surface area contributed by atoms with Crippen LogP contribution in [0.1, 0.15) is 17.2 Å². The maximum Gasteiger partial charge on any atom is 0.0559 e. The summed E-state index contributed by atoms with van der Waals surface area (Å²) in [4.78, 5) is 0. The summed E-state index contributed by atoms with van der Waals surface area (Å²) >= 11 is 7.46. The summed E-state index contributed by atoms with van der Waals surface area (Å²) in [6.07, 6.45) is 0. The van der Waals surface area contributed by atoms with Crippen molar-refractivity contribution in [1.29, 1.82) is 0 Å². The van der Waals surface area contributed by atoms with Crippen molar-refractivity contribution >= 4 is 35.3 Å². The minimum Gasteiger partial charge on any atom is -0.320 e. The molecule has 2 rings (SSSR count). The number of halogens is 2. The molecule has 0 fully saturated rings. The van der Waals surface area contributed by atoms with E-state index in [1.807, 2.05) is 35.7 Å². The lowest BCUT2D eigenvalue weighted by Crippen LogP contribution is -2.10. The molecule has 1 aromatic carbocycles. The second-order valence-corrected chi connectivity index (χ2v) is 4.30. The molecule has 4 heteroatoms. The first-order valence-electron chi connectivity index (χ1n) is 4.30. The van der Waals surface area contributed by atoms with Gasteiger partial charge in [0, 0.05) is 5.02 Å². The molecular formula is C11H11Cl2NS. The average Bonchev–Trinajstić information content (AvgIpc) is 2.71. The van der Waals surface area contributed by atoms with Crippen molar-refractivity contribution in [3.8, 4) is 0 Å². The Morgan fingerprint density at radius 3 is 2.27 bits per heavy atom. The summed E-state index contributed by atoms with van der Waals surface area (Å²) in [7, 11) is 0. The smallest absolute Gasteiger partial charge is 0.0559 e. The minimum atomic E-state index is -0.0430. The van der Waals surface area contributed by atoms with E-state index in [2.05, 4.69) is 5.38 Å². The first kappa shape index (κ1) is 12.5. The molecule has 0 bridgehead atoms.